The number of amidine groups is 1. The Morgan fingerprint density at radius 2 is 2.00 bits per heavy atom. The second-order valence-electron chi connectivity index (χ2n) is 7.40. The predicted molar refractivity (Wildman–Crippen MR) is 128 cm³/mol. The monoisotopic (exact) mass is 512 g/mol. The fourth-order valence-corrected chi connectivity index (χ4v) is 4.98. The van der Waals surface area contributed by atoms with E-state index >= 15 is 0 Å². The standard InChI is InChI=1S/C22H23Cl2FN4O3S/c1-28(14-16-9-8-15(13-18(16)25)22-26-10-11-27-22)20(30)7-4-12-29(2)33(31,32)19-6-3-5-17(23)21(19)24/h3-9,13H,10-12,14H2,1-2H3,(H,26,27). The normalized spacial score (nSPS) is 13.9. The van der Waals surface area contributed by atoms with Crippen LogP contribution in [0.1, 0.15) is 11.1 Å². The number of likely N-dealkylation sites (N-methyl/N-ethyl adjacent to an activating group) is 2. The molecule has 0 spiro atoms. The Kier molecular flexibility index (Phi) is 8.12. The number of nitrogens with one attached hydrogen (secondary N) is 1. The van der Waals surface area contributed by atoms with Crippen LogP contribution in [0.2, 0.25) is 10.0 Å². The van der Waals surface area contributed by atoms with Gasteiger partial charge in [0.15, 0.2) is 0 Å². The van der Waals surface area contributed by atoms with Gasteiger partial charge in [0, 0.05) is 50.9 Å². The first-order valence-electron chi connectivity index (χ1n) is 10.0. The molecule has 11 heteroatoms. The molecular formula is C22H23Cl2FN4O3S. The van der Waals surface area contributed by atoms with Gasteiger partial charge >= 0.3 is 0 Å². The highest BCUT2D eigenvalue weighted by Crippen LogP contribution is 2.30. The maximum Gasteiger partial charge on any atom is 0.246 e. The minimum atomic E-state index is -3.90. The maximum absolute atomic E-state index is 14.5. The van der Waals surface area contributed by atoms with E-state index in [-0.39, 0.29) is 28.0 Å². The number of rotatable bonds is 8. The van der Waals surface area contributed by atoms with Crippen LogP contribution in [0.15, 0.2) is 58.4 Å². The third kappa shape index (κ3) is 5.92. The zero-order valence-corrected chi connectivity index (χ0v) is 20.4. The molecule has 0 saturated heterocycles. The van der Waals surface area contributed by atoms with Gasteiger partial charge in [0.05, 0.1) is 16.6 Å². The summed E-state index contributed by atoms with van der Waals surface area (Å²) in [6.07, 6.45) is 2.66. The van der Waals surface area contributed by atoms with Crippen molar-refractivity contribution in [3.8, 4) is 0 Å². The third-order valence-corrected chi connectivity index (χ3v) is 7.81. The Morgan fingerprint density at radius 3 is 2.67 bits per heavy atom. The number of aliphatic imine (C=N–C) groups is 1. The van der Waals surface area contributed by atoms with E-state index in [1.807, 2.05) is 0 Å². The second kappa shape index (κ2) is 10.6. The molecule has 0 atom stereocenters. The Hall–Kier alpha value is -2.46. The average molecular weight is 513 g/mol. The first kappa shape index (κ1) is 25.2. The van der Waals surface area contributed by atoms with E-state index in [1.165, 1.54) is 55.4 Å². The zero-order chi connectivity index (χ0) is 24.2. The molecule has 7 nitrogen and oxygen atoms in total. The van der Waals surface area contributed by atoms with Crippen LogP contribution in [0.25, 0.3) is 0 Å². The Balaban J connectivity index is 1.60. The Morgan fingerprint density at radius 1 is 1.24 bits per heavy atom. The summed E-state index contributed by atoms with van der Waals surface area (Å²) in [5.41, 5.74) is 1.02. The summed E-state index contributed by atoms with van der Waals surface area (Å²) in [4.78, 5) is 17.9. The minimum Gasteiger partial charge on any atom is -0.368 e. The molecule has 1 aliphatic heterocycles. The Labute approximate surface area is 202 Å². The number of carbonyl (C=O) groups excluding carboxylic acids is 1. The topological polar surface area (TPSA) is 82.1 Å². The lowest BCUT2D eigenvalue weighted by molar-refractivity contribution is -0.125. The number of hydrogen-bond acceptors (Lipinski definition) is 5. The van der Waals surface area contributed by atoms with E-state index in [2.05, 4.69) is 10.3 Å². The molecule has 2 aromatic rings. The molecule has 0 radical (unpaired) electrons. The summed E-state index contributed by atoms with van der Waals surface area (Å²) in [5.74, 6) is -0.172. The van der Waals surface area contributed by atoms with E-state index in [1.54, 1.807) is 12.1 Å². The lowest BCUT2D eigenvalue weighted by Gasteiger charge is -2.18. The van der Waals surface area contributed by atoms with Crippen molar-refractivity contribution >= 4 is 45.0 Å². The molecule has 2 aromatic carbocycles. The van der Waals surface area contributed by atoms with Crippen molar-refractivity contribution in [2.45, 2.75) is 11.4 Å². The molecular weight excluding hydrogens is 490 g/mol. The average Bonchev–Trinajstić information content (AvgIpc) is 3.31. The van der Waals surface area contributed by atoms with Crippen LogP contribution in [0.4, 0.5) is 4.39 Å². The lowest BCUT2D eigenvalue weighted by Crippen LogP contribution is -2.28. The minimum absolute atomic E-state index is 0.0570. The number of hydrogen-bond donors (Lipinski definition) is 1. The highest BCUT2D eigenvalue weighted by atomic mass is 35.5. The first-order valence-corrected chi connectivity index (χ1v) is 12.2. The predicted octanol–water partition coefficient (Wildman–Crippen LogP) is 3.32. The van der Waals surface area contributed by atoms with Gasteiger partial charge in [-0.25, -0.2) is 12.8 Å². The third-order valence-electron chi connectivity index (χ3n) is 5.01. The van der Waals surface area contributed by atoms with Crippen LogP contribution in [-0.2, 0) is 21.4 Å². The van der Waals surface area contributed by atoms with Crippen molar-refractivity contribution in [3.05, 3.63) is 75.5 Å². The summed E-state index contributed by atoms with van der Waals surface area (Å²) in [7, 11) is -0.996. The van der Waals surface area contributed by atoms with Crippen LogP contribution in [0, 0.1) is 5.82 Å². The smallest absolute Gasteiger partial charge is 0.246 e. The van der Waals surface area contributed by atoms with Crippen LogP contribution in [0.3, 0.4) is 0 Å². The molecule has 1 heterocycles. The molecule has 0 fully saturated rings. The van der Waals surface area contributed by atoms with E-state index < -0.39 is 21.7 Å². The fourth-order valence-electron chi connectivity index (χ4n) is 3.13. The van der Waals surface area contributed by atoms with E-state index in [9.17, 15) is 17.6 Å². The highest BCUT2D eigenvalue weighted by molar-refractivity contribution is 7.89. The summed E-state index contributed by atoms with van der Waals surface area (Å²) < 4.78 is 41.0. The van der Waals surface area contributed by atoms with Gasteiger partial charge in [0.1, 0.15) is 16.5 Å². The quantitative estimate of drug-likeness (QED) is 0.550. The van der Waals surface area contributed by atoms with Crippen molar-refractivity contribution in [2.75, 3.05) is 33.7 Å². The fraction of sp³-hybridized carbons (Fsp3) is 0.273. The van der Waals surface area contributed by atoms with Crippen molar-refractivity contribution in [2.24, 2.45) is 4.99 Å². The number of carbonyl (C=O) groups is 1. The van der Waals surface area contributed by atoms with Crippen LogP contribution < -0.4 is 5.32 Å². The summed E-state index contributed by atoms with van der Waals surface area (Å²) >= 11 is 11.9. The summed E-state index contributed by atoms with van der Waals surface area (Å²) in [6, 6.07) is 9.11. The molecule has 0 aromatic heterocycles. The second-order valence-corrected chi connectivity index (χ2v) is 10.2. The van der Waals surface area contributed by atoms with Gasteiger partial charge in [-0.05, 0) is 18.2 Å². The zero-order valence-electron chi connectivity index (χ0n) is 18.1. The van der Waals surface area contributed by atoms with E-state index in [0.717, 1.165) is 10.8 Å². The summed E-state index contributed by atoms with van der Waals surface area (Å²) in [5, 5.41) is 3.16. The largest absolute Gasteiger partial charge is 0.368 e. The lowest BCUT2D eigenvalue weighted by atomic mass is 10.1. The van der Waals surface area contributed by atoms with E-state index in [0.29, 0.717) is 23.5 Å². The van der Waals surface area contributed by atoms with E-state index in [4.69, 9.17) is 23.2 Å². The van der Waals surface area contributed by atoms with Crippen molar-refractivity contribution < 1.29 is 17.6 Å². The number of sulfonamides is 1. The van der Waals surface area contributed by atoms with Gasteiger partial charge in [-0.3, -0.25) is 9.79 Å². The van der Waals surface area contributed by atoms with Gasteiger partial charge in [0.25, 0.3) is 0 Å². The molecule has 3 rings (SSSR count). The van der Waals surface area contributed by atoms with Gasteiger partial charge in [-0.1, -0.05) is 47.5 Å². The molecule has 0 aliphatic carbocycles. The van der Waals surface area contributed by atoms with Crippen molar-refractivity contribution in [1.82, 2.24) is 14.5 Å². The maximum atomic E-state index is 14.5. The van der Waals surface area contributed by atoms with Crippen LogP contribution in [0.5, 0.6) is 0 Å². The van der Waals surface area contributed by atoms with Crippen molar-refractivity contribution in [1.29, 1.82) is 0 Å². The molecule has 176 valence electrons. The van der Waals surface area contributed by atoms with Crippen LogP contribution in [-0.4, -0.2) is 63.1 Å². The molecule has 1 aliphatic rings. The first-order chi connectivity index (χ1) is 15.6. The SMILES string of the molecule is CN(Cc1ccc(C2=NCCN2)cc1F)C(=O)C=CCN(C)S(=O)(=O)c1cccc(Cl)c1Cl. The number of nitrogens with zero attached hydrogens (tertiary/aromatic N) is 3. The van der Waals surface area contributed by atoms with Gasteiger partial charge in [0.2, 0.25) is 15.9 Å². The van der Waals surface area contributed by atoms with Crippen molar-refractivity contribution in [3.63, 3.8) is 0 Å². The summed E-state index contributed by atoms with van der Waals surface area (Å²) in [6.45, 7) is 1.38. The Bertz CT molecular complexity index is 1220. The molecule has 33 heavy (non-hydrogen) atoms. The molecule has 0 bridgehead atoms. The van der Waals surface area contributed by atoms with Crippen LogP contribution >= 0.6 is 23.2 Å². The van der Waals surface area contributed by atoms with Gasteiger partial charge < -0.3 is 10.2 Å². The molecule has 0 saturated carbocycles. The highest BCUT2D eigenvalue weighted by Gasteiger charge is 2.24. The molecule has 1 N–H and O–H groups in total. The number of halogens is 3. The van der Waals surface area contributed by atoms with Gasteiger partial charge in [-0.15, -0.1) is 0 Å². The molecule has 1 amide bonds. The molecule has 0 unspecified atom stereocenters. The number of benzene rings is 2. The van der Waals surface area contributed by atoms with Gasteiger partial charge in [-0.2, -0.15) is 4.31 Å². The number of amides is 1.